The van der Waals surface area contributed by atoms with Gasteiger partial charge >= 0.3 is 5.97 Å². The van der Waals surface area contributed by atoms with E-state index in [0.717, 1.165) is 5.39 Å². The summed E-state index contributed by atoms with van der Waals surface area (Å²) >= 11 is 1.35. The molecule has 3 atom stereocenters. The number of aromatic hydroxyl groups is 1. The molecule has 0 unspecified atom stereocenters. The van der Waals surface area contributed by atoms with Crippen molar-refractivity contribution in [2.24, 2.45) is 0 Å². The monoisotopic (exact) mass is 390 g/mol. The summed E-state index contributed by atoms with van der Waals surface area (Å²) in [5.74, 6) is -1.66. The fraction of sp³-hybridized carbons (Fsp3) is 0.368. The van der Waals surface area contributed by atoms with Crippen LogP contribution in [0, 0.1) is 0 Å². The number of carbonyl (C=O) groups excluding carboxylic acids is 1. The average Bonchev–Trinajstić information content (AvgIpc) is 2.94. The third-order valence-corrected chi connectivity index (χ3v) is 6.28. The van der Waals surface area contributed by atoms with Crippen molar-refractivity contribution in [3.8, 4) is 5.75 Å². The van der Waals surface area contributed by atoms with Gasteiger partial charge in [0.2, 0.25) is 0 Å². The first-order chi connectivity index (χ1) is 12.7. The summed E-state index contributed by atoms with van der Waals surface area (Å²) in [6, 6.07) is 8.85. The van der Waals surface area contributed by atoms with E-state index in [0.29, 0.717) is 5.39 Å². The summed E-state index contributed by atoms with van der Waals surface area (Å²) in [5, 5.41) is 36.0. The first-order valence-corrected chi connectivity index (χ1v) is 9.41. The van der Waals surface area contributed by atoms with Crippen LogP contribution in [0.25, 0.3) is 10.8 Å². The molecule has 1 aliphatic rings. The molecule has 2 aromatic rings. The topological polar surface area (TPSA) is 119 Å². The Morgan fingerprint density at radius 1 is 1.26 bits per heavy atom. The molecule has 144 valence electrons. The molecule has 8 heteroatoms. The normalized spacial score (nSPS) is 22.5. The Morgan fingerprint density at radius 2 is 1.96 bits per heavy atom. The molecule has 1 amide bonds. The van der Waals surface area contributed by atoms with Crippen molar-refractivity contribution in [1.29, 1.82) is 0 Å². The molecule has 0 aliphatic carbocycles. The largest absolute Gasteiger partial charge is 0.507 e. The predicted molar refractivity (Wildman–Crippen MR) is 104 cm³/mol. The molecule has 3 rings (SSSR count). The first kappa shape index (κ1) is 19.5. The van der Waals surface area contributed by atoms with Crippen LogP contribution in [0.5, 0.6) is 5.75 Å². The average molecular weight is 390 g/mol. The van der Waals surface area contributed by atoms with Crippen molar-refractivity contribution in [2.75, 3.05) is 6.61 Å². The van der Waals surface area contributed by atoms with E-state index in [1.165, 1.54) is 17.8 Å². The van der Waals surface area contributed by atoms with Gasteiger partial charge < -0.3 is 20.6 Å². The van der Waals surface area contributed by atoms with E-state index in [9.17, 15) is 24.9 Å². The van der Waals surface area contributed by atoms with Crippen LogP contribution in [-0.2, 0) is 4.79 Å². The Balaban J connectivity index is 1.85. The maximum absolute atomic E-state index is 12.8. The smallest absolute Gasteiger partial charge is 0.322 e. The minimum atomic E-state index is -0.982. The Morgan fingerprint density at radius 3 is 2.59 bits per heavy atom. The highest BCUT2D eigenvalue weighted by atomic mass is 32.2. The summed E-state index contributed by atoms with van der Waals surface area (Å²) in [6.45, 7) is 3.23. The minimum absolute atomic E-state index is 0.128. The second-order valence-corrected chi connectivity index (χ2v) is 8.82. The molecule has 2 aromatic carbocycles. The zero-order valence-electron chi connectivity index (χ0n) is 15.0. The number of thioether (sulfide) groups is 1. The van der Waals surface area contributed by atoms with E-state index in [1.54, 1.807) is 32.0 Å². The van der Waals surface area contributed by atoms with Crippen LogP contribution in [0.2, 0.25) is 0 Å². The number of carbonyl (C=O) groups is 2. The summed E-state index contributed by atoms with van der Waals surface area (Å²) in [5.41, 5.74) is 0.128. The van der Waals surface area contributed by atoms with Crippen molar-refractivity contribution in [3.63, 3.8) is 0 Å². The van der Waals surface area contributed by atoms with Gasteiger partial charge in [-0.25, -0.2) is 0 Å². The Hall–Kier alpha value is -2.29. The molecule has 1 aliphatic heterocycles. The number of fused-ring (bicyclic) bond motifs is 1. The zero-order valence-corrected chi connectivity index (χ0v) is 15.8. The van der Waals surface area contributed by atoms with Crippen LogP contribution in [0.15, 0.2) is 36.4 Å². The van der Waals surface area contributed by atoms with Gasteiger partial charge in [-0.1, -0.05) is 30.3 Å². The molecule has 0 aromatic heterocycles. The van der Waals surface area contributed by atoms with Crippen molar-refractivity contribution < 1.29 is 24.9 Å². The number of phenols is 1. The van der Waals surface area contributed by atoms with Gasteiger partial charge in [0, 0.05) is 4.75 Å². The molecule has 0 spiro atoms. The van der Waals surface area contributed by atoms with E-state index in [4.69, 9.17) is 0 Å². The maximum atomic E-state index is 12.8. The van der Waals surface area contributed by atoms with Crippen LogP contribution in [0.4, 0.5) is 0 Å². The molecular formula is C19H22N2O5S. The lowest BCUT2D eigenvalue weighted by atomic mass is 10.0. The molecular weight excluding hydrogens is 368 g/mol. The van der Waals surface area contributed by atoms with E-state index in [1.807, 2.05) is 12.1 Å². The van der Waals surface area contributed by atoms with Crippen LogP contribution in [0.1, 0.15) is 24.2 Å². The highest BCUT2D eigenvalue weighted by Gasteiger charge is 2.47. The molecule has 0 radical (unpaired) electrons. The molecule has 1 heterocycles. The SMILES string of the molecule is CC1(C)S[C@H]([C@@H](CO)NC(=O)c2c(O)ccc3ccccc23)N[C@H]1C(=O)O. The van der Waals surface area contributed by atoms with Crippen LogP contribution in [-0.4, -0.2) is 56.0 Å². The van der Waals surface area contributed by atoms with Crippen molar-refractivity contribution in [1.82, 2.24) is 10.6 Å². The van der Waals surface area contributed by atoms with Gasteiger partial charge in [0.1, 0.15) is 11.8 Å². The number of carboxylic acid groups (broad SMARTS) is 1. The summed E-state index contributed by atoms with van der Waals surface area (Å²) in [4.78, 5) is 24.3. The van der Waals surface area contributed by atoms with Crippen LogP contribution >= 0.6 is 11.8 Å². The second kappa shape index (κ2) is 7.38. The number of carboxylic acids is 1. The van der Waals surface area contributed by atoms with E-state index in [-0.39, 0.29) is 17.9 Å². The quantitative estimate of drug-likeness (QED) is 0.525. The number of aliphatic hydroxyl groups excluding tert-OH is 1. The van der Waals surface area contributed by atoms with E-state index >= 15 is 0 Å². The van der Waals surface area contributed by atoms with Gasteiger partial charge in [0.15, 0.2) is 0 Å². The van der Waals surface area contributed by atoms with Crippen molar-refractivity contribution >= 4 is 34.4 Å². The minimum Gasteiger partial charge on any atom is -0.507 e. The lowest BCUT2D eigenvalue weighted by molar-refractivity contribution is -0.139. The predicted octanol–water partition coefficient (Wildman–Crippen LogP) is 1.53. The number of benzene rings is 2. The van der Waals surface area contributed by atoms with Crippen LogP contribution in [0.3, 0.4) is 0 Å². The van der Waals surface area contributed by atoms with Crippen LogP contribution < -0.4 is 10.6 Å². The van der Waals surface area contributed by atoms with Gasteiger partial charge in [0.25, 0.3) is 5.91 Å². The fourth-order valence-electron chi connectivity index (χ4n) is 3.32. The number of nitrogens with one attached hydrogen (secondary N) is 2. The number of phenolic OH excluding ortho intramolecular Hbond substituents is 1. The third kappa shape index (κ3) is 3.73. The number of aliphatic carboxylic acids is 1. The Labute approximate surface area is 160 Å². The van der Waals surface area contributed by atoms with E-state index < -0.39 is 34.1 Å². The van der Waals surface area contributed by atoms with Crippen molar-refractivity contribution in [2.45, 2.75) is 36.1 Å². The van der Waals surface area contributed by atoms with Crippen molar-refractivity contribution in [3.05, 3.63) is 42.0 Å². The molecule has 0 saturated carbocycles. The summed E-state index contributed by atoms with van der Waals surface area (Å²) in [6.07, 6.45) is 0. The summed E-state index contributed by atoms with van der Waals surface area (Å²) < 4.78 is -0.601. The molecule has 7 nitrogen and oxygen atoms in total. The fourth-order valence-corrected chi connectivity index (χ4v) is 4.80. The number of amides is 1. The molecule has 5 N–H and O–H groups in total. The molecule has 1 fully saturated rings. The van der Waals surface area contributed by atoms with Gasteiger partial charge in [0.05, 0.1) is 23.6 Å². The highest BCUT2D eigenvalue weighted by Crippen LogP contribution is 2.39. The van der Waals surface area contributed by atoms with E-state index in [2.05, 4.69) is 10.6 Å². The Bertz CT molecular complexity index is 886. The first-order valence-electron chi connectivity index (χ1n) is 8.53. The standard InChI is InChI=1S/C19H22N2O5S/c1-19(2)15(18(25)26)21-17(27-19)12(9-22)20-16(24)14-11-6-4-3-5-10(11)7-8-13(14)23/h3-8,12,15,17,21-23H,9H2,1-2H3,(H,20,24)(H,25,26)/t12-,15+,17-/m1/s1. The molecule has 27 heavy (non-hydrogen) atoms. The van der Waals surface area contributed by atoms with Gasteiger partial charge in [-0.15, -0.1) is 11.8 Å². The lowest BCUT2D eigenvalue weighted by Gasteiger charge is -2.24. The number of hydrogen-bond donors (Lipinski definition) is 5. The zero-order chi connectivity index (χ0) is 19.8. The van der Waals surface area contributed by atoms with Gasteiger partial charge in [-0.3, -0.25) is 14.9 Å². The van der Waals surface area contributed by atoms with Gasteiger partial charge in [-0.05, 0) is 30.7 Å². The summed E-state index contributed by atoms with van der Waals surface area (Å²) in [7, 11) is 0. The highest BCUT2D eigenvalue weighted by molar-refractivity contribution is 8.01. The second-order valence-electron chi connectivity index (χ2n) is 7.02. The number of rotatable bonds is 5. The Kier molecular flexibility index (Phi) is 5.32. The maximum Gasteiger partial charge on any atom is 0.322 e. The molecule has 1 saturated heterocycles. The number of aliphatic hydroxyl groups is 1. The third-order valence-electron chi connectivity index (χ3n) is 4.72. The molecule has 0 bridgehead atoms. The lowest BCUT2D eigenvalue weighted by Crippen LogP contribution is -2.52. The number of hydrogen-bond acceptors (Lipinski definition) is 6. The van der Waals surface area contributed by atoms with Gasteiger partial charge in [-0.2, -0.15) is 0 Å².